The molecule has 4 N–H and O–H groups in total. The maximum atomic E-state index is 11.8. The van der Waals surface area contributed by atoms with E-state index in [1.54, 1.807) is 0 Å². The van der Waals surface area contributed by atoms with E-state index in [4.69, 9.17) is 16.5 Å². The van der Waals surface area contributed by atoms with Crippen LogP contribution in [0.2, 0.25) is 0 Å². The Morgan fingerprint density at radius 3 is 2.71 bits per heavy atom. The molecule has 3 aromatic rings. The van der Waals surface area contributed by atoms with E-state index in [1.165, 1.54) is 17.0 Å². The van der Waals surface area contributed by atoms with Gasteiger partial charge in [0.05, 0.1) is 17.6 Å². The number of nitrogen functional groups attached to an aromatic ring is 1. The fraction of sp³-hybridized carbons (Fsp3) is 0.435. The minimum Gasteiger partial charge on any atom is -0.397 e. The van der Waals surface area contributed by atoms with Crippen molar-refractivity contribution in [2.45, 2.75) is 45.6 Å². The van der Waals surface area contributed by atoms with Gasteiger partial charge in [0, 0.05) is 37.3 Å². The third-order valence-electron chi connectivity index (χ3n) is 6.06. The smallest absolute Gasteiger partial charge is 0.260 e. The summed E-state index contributed by atoms with van der Waals surface area (Å²) in [7, 11) is 0. The molecule has 7 nitrogen and oxygen atoms in total. The predicted molar refractivity (Wildman–Crippen MR) is 129 cm³/mol. The molecule has 0 spiro atoms. The zero-order valence-corrected chi connectivity index (χ0v) is 19.0. The molecule has 0 radical (unpaired) electrons. The second kappa shape index (κ2) is 9.09. The number of hydrogen-bond acceptors (Lipinski definition) is 7. The first-order chi connectivity index (χ1) is 15.0. The molecule has 31 heavy (non-hydrogen) atoms. The third-order valence-corrected chi connectivity index (χ3v) is 7.17. The average Bonchev–Trinajstić information content (AvgIpc) is 3.13. The van der Waals surface area contributed by atoms with Crippen molar-refractivity contribution in [3.05, 3.63) is 41.0 Å². The molecule has 1 aliphatic rings. The Morgan fingerprint density at radius 1 is 1.32 bits per heavy atom. The number of primary amides is 1. The number of carbonyl (C=O) groups is 1. The number of thiophene rings is 1. The maximum Gasteiger partial charge on any atom is 0.260 e. The van der Waals surface area contributed by atoms with Gasteiger partial charge in [0.15, 0.2) is 0 Å². The second-order valence-corrected chi connectivity index (χ2v) is 8.99. The van der Waals surface area contributed by atoms with Crippen molar-refractivity contribution in [3.63, 3.8) is 0 Å². The molecule has 3 aromatic heterocycles. The van der Waals surface area contributed by atoms with Gasteiger partial charge in [0.2, 0.25) is 0 Å². The molecule has 164 valence electrons. The molecule has 0 aromatic carbocycles. The van der Waals surface area contributed by atoms with Crippen molar-refractivity contribution >= 4 is 44.7 Å². The lowest BCUT2D eigenvalue weighted by atomic mass is 10.0. The van der Waals surface area contributed by atoms with Crippen molar-refractivity contribution in [2.75, 3.05) is 35.2 Å². The molecule has 1 aliphatic heterocycles. The first kappa shape index (κ1) is 21.4. The summed E-state index contributed by atoms with van der Waals surface area (Å²) in [6, 6.07) is 6.77. The second-order valence-electron chi connectivity index (χ2n) is 7.99. The maximum absolute atomic E-state index is 11.8. The summed E-state index contributed by atoms with van der Waals surface area (Å²) >= 11 is 1.30. The lowest BCUT2D eigenvalue weighted by molar-refractivity contribution is 0.100. The highest BCUT2D eigenvalue weighted by molar-refractivity contribution is 7.21. The number of anilines is 3. The van der Waals surface area contributed by atoms with Crippen LogP contribution in [0.25, 0.3) is 10.2 Å². The van der Waals surface area contributed by atoms with Gasteiger partial charge in [0.25, 0.3) is 5.91 Å². The number of pyridine rings is 2. The Hall–Kier alpha value is -2.87. The lowest BCUT2D eigenvalue weighted by Gasteiger charge is -2.39. The standard InChI is InChI=1S/C23H30N6OS/c1-3-6-15-13-18(27-23-19(15)20(24)21(31-23)22(25)30)28-11-8-16(9-12-28)29(4-2)17-7-5-10-26-14-17/h5,7,10,13-14,16H,3-4,6,8-9,11-12,24H2,1-2H3,(H2,25,30). The molecule has 1 amide bonds. The summed E-state index contributed by atoms with van der Waals surface area (Å²) < 4.78 is 0. The molecule has 0 atom stereocenters. The molecule has 1 fully saturated rings. The molecule has 0 unspecified atom stereocenters. The molecular formula is C23H30N6OS. The van der Waals surface area contributed by atoms with E-state index in [9.17, 15) is 4.79 Å². The van der Waals surface area contributed by atoms with Crippen molar-refractivity contribution in [1.82, 2.24) is 9.97 Å². The Bertz CT molecular complexity index is 1060. The number of carbonyl (C=O) groups excluding carboxylic acids is 1. The van der Waals surface area contributed by atoms with Gasteiger partial charge in [0.1, 0.15) is 15.5 Å². The van der Waals surface area contributed by atoms with Crippen molar-refractivity contribution in [2.24, 2.45) is 5.73 Å². The fourth-order valence-electron chi connectivity index (χ4n) is 4.58. The average molecular weight is 439 g/mol. The fourth-order valence-corrected chi connectivity index (χ4v) is 5.57. The van der Waals surface area contributed by atoms with Crippen LogP contribution in [-0.4, -0.2) is 41.6 Å². The highest BCUT2D eigenvalue weighted by Gasteiger charge is 2.26. The highest BCUT2D eigenvalue weighted by Crippen LogP contribution is 2.37. The Kier molecular flexibility index (Phi) is 6.27. The number of amides is 1. The summed E-state index contributed by atoms with van der Waals surface area (Å²) in [5.41, 5.74) is 14.6. The molecular weight excluding hydrogens is 408 g/mol. The monoisotopic (exact) mass is 438 g/mol. The van der Waals surface area contributed by atoms with E-state index in [-0.39, 0.29) is 0 Å². The van der Waals surface area contributed by atoms with Gasteiger partial charge in [-0.3, -0.25) is 9.78 Å². The van der Waals surface area contributed by atoms with Crippen molar-refractivity contribution < 1.29 is 4.79 Å². The van der Waals surface area contributed by atoms with Crippen LogP contribution in [-0.2, 0) is 6.42 Å². The minimum absolute atomic E-state index is 0.408. The van der Waals surface area contributed by atoms with Crippen LogP contribution in [0.5, 0.6) is 0 Å². The SMILES string of the molecule is CCCc1cc(N2CCC(N(CC)c3cccnc3)CC2)nc2sc(C(N)=O)c(N)c12. The summed E-state index contributed by atoms with van der Waals surface area (Å²) in [4.78, 5) is 27.0. The molecule has 4 heterocycles. The highest BCUT2D eigenvalue weighted by atomic mass is 32.1. The number of piperidine rings is 1. The summed E-state index contributed by atoms with van der Waals surface area (Å²) in [5, 5.41) is 0.896. The Balaban J connectivity index is 1.58. The van der Waals surface area contributed by atoms with Crippen LogP contribution in [0, 0.1) is 0 Å². The van der Waals surface area contributed by atoms with E-state index in [1.807, 2.05) is 18.5 Å². The van der Waals surface area contributed by atoms with Gasteiger partial charge >= 0.3 is 0 Å². The number of nitrogens with zero attached hydrogens (tertiary/aromatic N) is 4. The minimum atomic E-state index is -0.486. The van der Waals surface area contributed by atoms with Gasteiger partial charge in [-0.15, -0.1) is 11.3 Å². The molecule has 1 saturated heterocycles. The topological polar surface area (TPSA) is 101 Å². The van der Waals surface area contributed by atoms with Gasteiger partial charge in [-0.2, -0.15) is 0 Å². The van der Waals surface area contributed by atoms with Gasteiger partial charge < -0.3 is 21.3 Å². The molecule has 0 aliphatic carbocycles. The largest absolute Gasteiger partial charge is 0.397 e. The summed E-state index contributed by atoms with van der Waals surface area (Å²) in [5.74, 6) is 0.483. The van der Waals surface area contributed by atoms with Crippen LogP contribution in [0.3, 0.4) is 0 Å². The van der Waals surface area contributed by atoms with Gasteiger partial charge in [-0.05, 0) is 49.9 Å². The van der Waals surface area contributed by atoms with E-state index in [0.29, 0.717) is 16.6 Å². The Morgan fingerprint density at radius 2 is 2.10 bits per heavy atom. The zero-order valence-electron chi connectivity index (χ0n) is 18.2. The lowest BCUT2D eigenvalue weighted by Crippen LogP contribution is -2.45. The zero-order chi connectivity index (χ0) is 22.0. The number of fused-ring (bicyclic) bond motifs is 1. The molecule has 4 rings (SSSR count). The van der Waals surface area contributed by atoms with Crippen LogP contribution < -0.4 is 21.3 Å². The van der Waals surface area contributed by atoms with E-state index >= 15 is 0 Å². The normalized spacial score (nSPS) is 14.8. The van der Waals surface area contributed by atoms with E-state index in [2.05, 4.69) is 40.8 Å². The van der Waals surface area contributed by atoms with Crippen molar-refractivity contribution in [1.29, 1.82) is 0 Å². The van der Waals surface area contributed by atoms with Crippen molar-refractivity contribution in [3.8, 4) is 0 Å². The number of nitrogens with two attached hydrogens (primary N) is 2. The number of aromatic nitrogens is 2. The van der Waals surface area contributed by atoms with E-state index < -0.39 is 5.91 Å². The first-order valence-electron chi connectivity index (χ1n) is 11.0. The van der Waals surface area contributed by atoms with E-state index in [0.717, 1.165) is 66.9 Å². The summed E-state index contributed by atoms with van der Waals surface area (Å²) in [6.07, 6.45) is 7.77. The van der Waals surface area contributed by atoms with Gasteiger partial charge in [-0.1, -0.05) is 13.3 Å². The van der Waals surface area contributed by atoms with Crippen LogP contribution in [0.4, 0.5) is 17.2 Å². The van der Waals surface area contributed by atoms with Gasteiger partial charge in [-0.25, -0.2) is 4.98 Å². The quantitative estimate of drug-likeness (QED) is 0.581. The number of aryl methyl sites for hydroxylation is 1. The van der Waals surface area contributed by atoms with Crippen LogP contribution in [0.15, 0.2) is 30.6 Å². The van der Waals surface area contributed by atoms with Crippen LogP contribution in [0.1, 0.15) is 48.3 Å². The molecule has 0 saturated carbocycles. The predicted octanol–water partition coefficient (Wildman–Crippen LogP) is 3.82. The number of hydrogen-bond donors (Lipinski definition) is 2. The molecule has 0 bridgehead atoms. The Labute approximate surface area is 187 Å². The number of rotatable bonds is 7. The first-order valence-corrected chi connectivity index (χ1v) is 11.8. The van der Waals surface area contributed by atoms with Crippen LogP contribution >= 0.6 is 11.3 Å². The molecule has 8 heteroatoms. The third kappa shape index (κ3) is 4.17. The summed E-state index contributed by atoms with van der Waals surface area (Å²) in [6.45, 7) is 7.19.